The number of hydrogen-bond acceptors (Lipinski definition) is 5. The number of piperidine rings is 1. The standard InChI is InChI=1S/C17H23N5OS/c1-13-6-8-22(9-7-13)11-15-4-2-14(3-5-15)10-18-16(23)20-17-21-19-12-24-17/h2-5,12-13H,6-11H2,1H3,(H2,18,20,21,23). The van der Waals surface area contributed by atoms with Gasteiger partial charge in [0.2, 0.25) is 5.13 Å². The van der Waals surface area contributed by atoms with Gasteiger partial charge in [0.15, 0.2) is 0 Å². The van der Waals surface area contributed by atoms with E-state index in [1.54, 1.807) is 5.51 Å². The van der Waals surface area contributed by atoms with E-state index in [1.165, 1.54) is 42.8 Å². The van der Waals surface area contributed by atoms with Crippen LogP contribution in [-0.4, -0.2) is 34.2 Å². The van der Waals surface area contributed by atoms with Gasteiger partial charge in [-0.3, -0.25) is 10.2 Å². The van der Waals surface area contributed by atoms with E-state index in [0.29, 0.717) is 11.7 Å². The number of carbonyl (C=O) groups is 1. The Balaban J connectivity index is 1.43. The molecule has 1 aromatic carbocycles. The molecule has 3 rings (SSSR count). The minimum Gasteiger partial charge on any atom is -0.334 e. The lowest BCUT2D eigenvalue weighted by molar-refractivity contribution is 0.185. The van der Waals surface area contributed by atoms with Crippen LogP contribution in [0.3, 0.4) is 0 Å². The van der Waals surface area contributed by atoms with E-state index in [0.717, 1.165) is 18.0 Å². The van der Waals surface area contributed by atoms with Crippen LogP contribution >= 0.6 is 11.3 Å². The molecule has 0 radical (unpaired) electrons. The summed E-state index contributed by atoms with van der Waals surface area (Å²) in [7, 11) is 0. The summed E-state index contributed by atoms with van der Waals surface area (Å²) in [5.41, 5.74) is 3.99. The van der Waals surface area contributed by atoms with Crippen LogP contribution in [0.1, 0.15) is 30.9 Å². The summed E-state index contributed by atoms with van der Waals surface area (Å²) in [5.74, 6) is 0.862. The first-order chi connectivity index (χ1) is 11.7. The van der Waals surface area contributed by atoms with Gasteiger partial charge in [-0.15, -0.1) is 10.2 Å². The van der Waals surface area contributed by atoms with Crippen molar-refractivity contribution in [3.8, 4) is 0 Å². The minimum absolute atomic E-state index is 0.265. The topological polar surface area (TPSA) is 70.2 Å². The fraction of sp³-hybridized carbons (Fsp3) is 0.471. The van der Waals surface area contributed by atoms with Gasteiger partial charge in [0.25, 0.3) is 0 Å². The van der Waals surface area contributed by atoms with Crippen molar-refractivity contribution in [3.05, 3.63) is 40.9 Å². The predicted molar refractivity (Wildman–Crippen MR) is 95.9 cm³/mol. The van der Waals surface area contributed by atoms with Crippen LogP contribution < -0.4 is 10.6 Å². The molecular formula is C17H23N5OS. The largest absolute Gasteiger partial charge is 0.334 e. The number of carbonyl (C=O) groups excluding carboxylic acids is 1. The first-order valence-electron chi connectivity index (χ1n) is 8.30. The molecule has 0 atom stereocenters. The van der Waals surface area contributed by atoms with Crippen molar-refractivity contribution >= 4 is 22.5 Å². The fourth-order valence-corrected chi connectivity index (χ4v) is 3.23. The molecular weight excluding hydrogens is 322 g/mol. The van der Waals surface area contributed by atoms with E-state index in [1.807, 2.05) is 0 Å². The number of benzene rings is 1. The van der Waals surface area contributed by atoms with Crippen LogP contribution in [0, 0.1) is 5.92 Å². The molecule has 1 aromatic heterocycles. The maximum absolute atomic E-state index is 11.7. The van der Waals surface area contributed by atoms with Gasteiger partial charge in [0, 0.05) is 13.1 Å². The Morgan fingerprint density at radius 3 is 2.62 bits per heavy atom. The zero-order chi connectivity index (χ0) is 16.8. The summed E-state index contributed by atoms with van der Waals surface area (Å²) in [6.07, 6.45) is 2.59. The molecule has 0 aliphatic carbocycles. The van der Waals surface area contributed by atoms with Gasteiger partial charge in [-0.2, -0.15) is 0 Å². The molecule has 6 nitrogen and oxygen atoms in total. The number of rotatable bonds is 5. The minimum atomic E-state index is -0.265. The molecule has 1 fully saturated rings. The first-order valence-corrected chi connectivity index (χ1v) is 9.18. The summed E-state index contributed by atoms with van der Waals surface area (Å²) < 4.78 is 0. The lowest BCUT2D eigenvalue weighted by Crippen LogP contribution is -2.32. The van der Waals surface area contributed by atoms with E-state index in [-0.39, 0.29) is 6.03 Å². The van der Waals surface area contributed by atoms with Crippen LogP contribution in [0.5, 0.6) is 0 Å². The lowest BCUT2D eigenvalue weighted by atomic mass is 9.99. The van der Waals surface area contributed by atoms with Gasteiger partial charge in [-0.25, -0.2) is 4.79 Å². The molecule has 2 heterocycles. The molecule has 2 aromatic rings. The maximum atomic E-state index is 11.7. The third-order valence-corrected chi connectivity index (χ3v) is 4.95. The third kappa shape index (κ3) is 5.01. The number of nitrogens with zero attached hydrogens (tertiary/aromatic N) is 3. The molecule has 0 unspecified atom stereocenters. The lowest BCUT2D eigenvalue weighted by Gasteiger charge is -2.30. The molecule has 7 heteroatoms. The number of hydrogen-bond donors (Lipinski definition) is 2. The molecule has 128 valence electrons. The number of aromatic nitrogens is 2. The molecule has 1 aliphatic rings. The summed E-state index contributed by atoms with van der Waals surface area (Å²) in [4.78, 5) is 14.3. The van der Waals surface area contributed by atoms with Crippen LogP contribution in [-0.2, 0) is 13.1 Å². The Kier molecular flexibility index (Phi) is 5.77. The Morgan fingerprint density at radius 2 is 1.96 bits per heavy atom. The Bertz CT molecular complexity index is 636. The SMILES string of the molecule is CC1CCN(Cc2ccc(CNC(=O)Nc3nncs3)cc2)CC1. The van der Waals surface area contributed by atoms with E-state index >= 15 is 0 Å². The van der Waals surface area contributed by atoms with Crippen LogP contribution in [0.4, 0.5) is 9.93 Å². The van der Waals surface area contributed by atoms with E-state index in [2.05, 4.69) is 56.9 Å². The highest BCUT2D eigenvalue weighted by Crippen LogP contribution is 2.18. The van der Waals surface area contributed by atoms with Gasteiger partial charge in [-0.05, 0) is 43.0 Å². The number of amides is 2. The zero-order valence-electron chi connectivity index (χ0n) is 13.9. The highest BCUT2D eigenvalue weighted by atomic mass is 32.1. The number of urea groups is 1. The highest BCUT2D eigenvalue weighted by molar-refractivity contribution is 7.13. The van der Waals surface area contributed by atoms with E-state index in [9.17, 15) is 4.79 Å². The molecule has 2 amide bonds. The third-order valence-electron chi connectivity index (χ3n) is 4.34. The Labute approximate surface area is 146 Å². The van der Waals surface area contributed by atoms with Gasteiger partial charge < -0.3 is 5.32 Å². The number of nitrogens with one attached hydrogen (secondary N) is 2. The van der Waals surface area contributed by atoms with Crippen molar-refractivity contribution in [1.29, 1.82) is 0 Å². The van der Waals surface area contributed by atoms with Crippen molar-refractivity contribution in [1.82, 2.24) is 20.4 Å². The van der Waals surface area contributed by atoms with Crippen molar-refractivity contribution in [2.45, 2.75) is 32.9 Å². The normalized spacial score (nSPS) is 16.0. The smallest absolute Gasteiger partial charge is 0.321 e. The predicted octanol–water partition coefficient (Wildman–Crippen LogP) is 3.09. The van der Waals surface area contributed by atoms with Crippen molar-refractivity contribution in [2.24, 2.45) is 5.92 Å². The second-order valence-electron chi connectivity index (χ2n) is 6.33. The number of likely N-dealkylation sites (tertiary alicyclic amines) is 1. The maximum Gasteiger partial charge on any atom is 0.321 e. The fourth-order valence-electron chi connectivity index (χ4n) is 2.79. The summed E-state index contributed by atoms with van der Waals surface area (Å²) in [6.45, 7) is 6.22. The molecule has 1 saturated heterocycles. The number of anilines is 1. The van der Waals surface area contributed by atoms with Gasteiger partial charge in [0.1, 0.15) is 5.51 Å². The summed E-state index contributed by atoms with van der Waals surface area (Å²) in [6, 6.07) is 8.19. The quantitative estimate of drug-likeness (QED) is 0.874. The van der Waals surface area contributed by atoms with Gasteiger partial charge in [-0.1, -0.05) is 42.5 Å². The van der Waals surface area contributed by atoms with E-state index < -0.39 is 0 Å². The summed E-state index contributed by atoms with van der Waals surface area (Å²) >= 11 is 1.29. The monoisotopic (exact) mass is 345 g/mol. The second-order valence-corrected chi connectivity index (χ2v) is 7.16. The average molecular weight is 345 g/mol. The molecule has 1 aliphatic heterocycles. The van der Waals surface area contributed by atoms with Crippen molar-refractivity contribution < 1.29 is 4.79 Å². The molecule has 2 N–H and O–H groups in total. The van der Waals surface area contributed by atoms with Crippen LogP contribution in [0.2, 0.25) is 0 Å². The zero-order valence-corrected chi connectivity index (χ0v) is 14.7. The van der Waals surface area contributed by atoms with Gasteiger partial charge >= 0.3 is 6.03 Å². The van der Waals surface area contributed by atoms with Crippen molar-refractivity contribution in [2.75, 3.05) is 18.4 Å². The molecule has 0 bridgehead atoms. The highest BCUT2D eigenvalue weighted by Gasteiger charge is 2.15. The Morgan fingerprint density at radius 1 is 1.25 bits per heavy atom. The molecule has 24 heavy (non-hydrogen) atoms. The average Bonchev–Trinajstić information content (AvgIpc) is 3.09. The van der Waals surface area contributed by atoms with Crippen LogP contribution in [0.25, 0.3) is 0 Å². The van der Waals surface area contributed by atoms with Crippen LogP contribution in [0.15, 0.2) is 29.8 Å². The van der Waals surface area contributed by atoms with Crippen molar-refractivity contribution in [3.63, 3.8) is 0 Å². The molecule has 0 saturated carbocycles. The van der Waals surface area contributed by atoms with E-state index in [4.69, 9.17) is 0 Å². The second kappa shape index (κ2) is 8.21. The Hall–Kier alpha value is -1.99. The van der Waals surface area contributed by atoms with Gasteiger partial charge in [0.05, 0.1) is 0 Å². The molecule has 0 spiro atoms. The summed E-state index contributed by atoms with van der Waals surface area (Å²) in [5, 5.41) is 13.4. The first kappa shape index (κ1) is 16.9.